The van der Waals surface area contributed by atoms with Crippen LogP contribution in [-0.4, -0.2) is 31.6 Å². The zero-order valence-corrected chi connectivity index (χ0v) is 13.7. The molecule has 2 heteroatoms. The molecule has 0 aliphatic rings. The van der Waals surface area contributed by atoms with Crippen LogP contribution in [0.5, 0.6) is 0 Å². The number of benzene rings is 1. The van der Waals surface area contributed by atoms with Crippen LogP contribution in [0.4, 0.5) is 0 Å². The molecule has 0 spiro atoms. The smallest absolute Gasteiger partial charge is 0.0322 e. The van der Waals surface area contributed by atoms with Crippen molar-refractivity contribution in [2.24, 2.45) is 0 Å². The molecule has 0 fully saturated rings. The molecule has 2 unspecified atom stereocenters. The Morgan fingerprint density at radius 3 is 2.35 bits per heavy atom. The summed E-state index contributed by atoms with van der Waals surface area (Å²) >= 11 is 0. The Morgan fingerprint density at radius 1 is 1.05 bits per heavy atom. The van der Waals surface area contributed by atoms with Gasteiger partial charge in [-0.2, -0.15) is 0 Å². The summed E-state index contributed by atoms with van der Waals surface area (Å²) in [7, 11) is 4.28. The van der Waals surface area contributed by atoms with Gasteiger partial charge in [0.25, 0.3) is 0 Å². The quantitative estimate of drug-likeness (QED) is 0.643. The minimum atomic E-state index is 0.500. The third-order valence-corrected chi connectivity index (χ3v) is 3.79. The summed E-state index contributed by atoms with van der Waals surface area (Å²) in [5, 5.41) is 3.82. The van der Waals surface area contributed by atoms with Crippen LogP contribution >= 0.6 is 0 Å². The minimum Gasteiger partial charge on any atom is -0.309 e. The fourth-order valence-corrected chi connectivity index (χ4v) is 2.51. The molecule has 0 bridgehead atoms. The molecule has 1 aromatic carbocycles. The van der Waals surface area contributed by atoms with Crippen LogP contribution in [0.1, 0.15) is 57.6 Å². The van der Waals surface area contributed by atoms with E-state index in [0.717, 1.165) is 6.54 Å². The molecule has 0 aliphatic carbocycles. The zero-order valence-electron chi connectivity index (χ0n) is 13.7. The van der Waals surface area contributed by atoms with Gasteiger partial charge in [-0.1, -0.05) is 56.5 Å². The number of nitrogens with zero attached hydrogens (tertiary/aromatic N) is 1. The fraction of sp³-hybridized carbons (Fsp3) is 0.667. The van der Waals surface area contributed by atoms with Crippen molar-refractivity contribution in [3.05, 3.63) is 35.9 Å². The second kappa shape index (κ2) is 9.95. The van der Waals surface area contributed by atoms with Gasteiger partial charge in [-0.15, -0.1) is 0 Å². The molecule has 114 valence electrons. The van der Waals surface area contributed by atoms with E-state index in [4.69, 9.17) is 0 Å². The molecule has 0 amide bonds. The van der Waals surface area contributed by atoms with Gasteiger partial charge in [-0.25, -0.2) is 0 Å². The minimum absolute atomic E-state index is 0.500. The van der Waals surface area contributed by atoms with Gasteiger partial charge in [-0.3, -0.25) is 0 Å². The summed E-state index contributed by atoms with van der Waals surface area (Å²) in [5.74, 6) is 0. The molecule has 0 saturated heterocycles. The lowest BCUT2D eigenvalue weighted by atomic mass is 9.99. The number of unbranched alkanes of at least 4 members (excludes halogenated alkanes) is 2. The third kappa shape index (κ3) is 7.06. The van der Waals surface area contributed by atoms with Gasteiger partial charge < -0.3 is 10.2 Å². The Hall–Kier alpha value is -0.860. The van der Waals surface area contributed by atoms with Crippen molar-refractivity contribution < 1.29 is 0 Å². The highest BCUT2D eigenvalue weighted by molar-refractivity contribution is 5.18. The molecular formula is C18H32N2. The summed E-state index contributed by atoms with van der Waals surface area (Å²) < 4.78 is 0. The molecule has 0 saturated carbocycles. The Balaban J connectivity index is 2.53. The average Bonchev–Trinajstić information content (AvgIpc) is 2.45. The molecule has 1 rings (SSSR count). The second-order valence-electron chi connectivity index (χ2n) is 6.12. The van der Waals surface area contributed by atoms with Gasteiger partial charge in [0, 0.05) is 12.1 Å². The molecule has 1 aromatic rings. The van der Waals surface area contributed by atoms with Gasteiger partial charge >= 0.3 is 0 Å². The highest BCUT2D eigenvalue weighted by atomic mass is 15.1. The Kier molecular flexibility index (Phi) is 8.56. The molecule has 0 aliphatic heterocycles. The average molecular weight is 276 g/mol. The molecule has 0 radical (unpaired) electrons. The molecule has 2 nitrogen and oxygen atoms in total. The third-order valence-electron chi connectivity index (χ3n) is 3.79. The van der Waals surface area contributed by atoms with Crippen molar-refractivity contribution in [3.63, 3.8) is 0 Å². The maximum Gasteiger partial charge on any atom is 0.0322 e. The maximum atomic E-state index is 3.82. The predicted molar refractivity (Wildman–Crippen MR) is 89.1 cm³/mol. The van der Waals surface area contributed by atoms with Crippen molar-refractivity contribution in [1.29, 1.82) is 0 Å². The van der Waals surface area contributed by atoms with E-state index in [9.17, 15) is 0 Å². The van der Waals surface area contributed by atoms with Crippen molar-refractivity contribution in [1.82, 2.24) is 10.2 Å². The van der Waals surface area contributed by atoms with E-state index >= 15 is 0 Å². The van der Waals surface area contributed by atoms with Crippen molar-refractivity contribution in [2.45, 2.75) is 58.0 Å². The zero-order chi connectivity index (χ0) is 14.8. The van der Waals surface area contributed by atoms with Gasteiger partial charge in [0.1, 0.15) is 0 Å². The lowest BCUT2D eigenvalue weighted by Crippen LogP contribution is -2.33. The molecule has 1 N–H and O–H groups in total. The van der Waals surface area contributed by atoms with Crippen LogP contribution in [-0.2, 0) is 0 Å². The maximum absolute atomic E-state index is 3.82. The second-order valence-corrected chi connectivity index (χ2v) is 6.12. The normalized spacial score (nSPS) is 14.4. The first kappa shape index (κ1) is 17.2. The van der Waals surface area contributed by atoms with Crippen LogP contribution in [0.15, 0.2) is 30.3 Å². The van der Waals surface area contributed by atoms with Gasteiger partial charge in [-0.05, 0) is 46.0 Å². The van der Waals surface area contributed by atoms with E-state index in [0.29, 0.717) is 12.1 Å². The largest absolute Gasteiger partial charge is 0.309 e. The summed E-state index contributed by atoms with van der Waals surface area (Å²) in [4.78, 5) is 2.26. The van der Waals surface area contributed by atoms with Crippen molar-refractivity contribution in [2.75, 3.05) is 20.6 Å². The van der Waals surface area contributed by atoms with E-state index in [1.165, 1.54) is 37.7 Å². The van der Waals surface area contributed by atoms with Crippen LogP contribution in [0, 0.1) is 0 Å². The predicted octanol–water partition coefficient (Wildman–Crippen LogP) is 4.24. The SMILES string of the molecule is CCCCCC(NC(C)CCN(C)C)c1ccccc1. The number of nitrogens with one attached hydrogen (secondary N) is 1. The Morgan fingerprint density at radius 2 is 1.75 bits per heavy atom. The van der Waals surface area contributed by atoms with Crippen molar-refractivity contribution in [3.8, 4) is 0 Å². The Bertz CT molecular complexity index is 335. The first-order valence-electron chi connectivity index (χ1n) is 8.09. The standard InChI is InChI=1S/C18H32N2/c1-5-6-8-13-18(17-11-9-7-10-12-17)19-16(2)14-15-20(3)4/h7,9-12,16,18-19H,5-6,8,13-15H2,1-4H3. The number of hydrogen-bond donors (Lipinski definition) is 1. The lowest BCUT2D eigenvalue weighted by Gasteiger charge is -2.25. The van der Waals surface area contributed by atoms with Crippen LogP contribution < -0.4 is 5.32 Å². The van der Waals surface area contributed by atoms with Gasteiger partial charge in [0.2, 0.25) is 0 Å². The first-order valence-corrected chi connectivity index (χ1v) is 8.09. The van der Waals surface area contributed by atoms with E-state index in [1.807, 2.05) is 0 Å². The Labute approximate surface area is 125 Å². The van der Waals surface area contributed by atoms with Crippen LogP contribution in [0.25, 0.3) is 0 Å². The summed E-state index contributed by atoms with van der Waals surface area (Å²) in [6.45, 7) is 5.72. The number of rotatable bonds is 10. The van der Waals surface area contributed by atoms with Crippen LogP contribution in [0.2, 0.25) is 0 Å². The molecule has 0 aromatic heterocycles. The van der Waals surface area contributed by atoms with E-state index in [1.54, 1.807) is 0 Å². The van der Waals surface area contributed by atoms with Gasteiger partial charge in [0.15, 0.2) is 0 Å². The van der Waals surface area contributed by atoms with E-state index in [-0.39, 0.29) is 0 Å². The highest BCUT2D eigenvalue weighted by Crippen LogP contribution is 2.20. The summed E-state index contributed by atoms with van der Waals surface area (Å²) in [6, 6.07) is 12.0. The fourth-order valence-electron chi connectivity index (χ4n) is 2.51. The first-order chi connectivity index (χ1) is 9.63. The van der Waals surface area contributed by atoms with E-state index in [2.05, 4.69) is 68.5 Å². The van der Waals surface area contributed by atoms with E-state index < -0.39 is 0 Å². The van der Waals surface area contributed by atoms with Gasteiger partial charge in [0.05, 0.1) is 0 Å². The lowest BCUT2D eigenvalue weighted by molar-refractivity contribution is 0.342. The van der Waals surface area contributed by atoms with Crippen LogP contribution in [0.3, 0.4) is 0 Å². The monoisotopic (exact) mass is 276 g/mol. The molecular weight excluding hydrogens is 244 g/mol. The topological polar surface area (TPSA) is 15.3 Å². The molecule has 20 heavy (non-hydrogen) atoms. The highest BCUT2D eigenvalue weighted by Gasteiger charge is 2.13. The number of hydrogen-bond acceptors (Lipinski definition) is 2. The summed E-state index contributed by atoms with van der Waals surface area (Å²) in [5.41, 5.74) is 1.43. The molecule has 0 heterocycles. The van der Waals surface area contributed by atoms with Crippen molar-refractivity contribution >= 4 is 0 Å². The molecule has 2 atom stereocenters. The summed E-state index contributed by atoms with van der Waals surface area (Å²) in [6.07, 6.45) is 6.37.